The van der Waals surface area contributed by atoms with Crippen molar-refractivity contribution in [1.82, 2.24) is 15.0 Å². The Kier molecular flexibility index (Phi) is 8.17. The molecule has 0 aliphatic carbocycles. The SMILES string of the molecule is CCCCCCCCOc1ccc(-c2noc(C3[C@@H](O)CCN3C(=N)N)n2)cc1C(F)(F)F. The maximum atomic E-state index is 13.7. The topological polar surface area (TPSA) is 121 Å². The van der Waals surface area contributed by atoms with Crippen LogP contribution in [0, 0.1) is 5.41 Å². The first kappa shape index (κ1) is 24.8. The summed E-state index contributed by atoms with van der Waals surface area (Å²) in [4.78, 5) is 5.57. The fourth-order valence-electron chi connectivity index (χ4n) is 3.90. The molecule has 2 atom stereocenters. The number of ether oxygens (including phenoxy) is 1. The van der Waals surface area contributed by atoms with Crippen molar-refractivity contribution in [3.8, 4) is 17.1 Å². The second-order valence-electron chi connectivity index (χ2n) is 8.16. The van der Waals surface area contributed by atoms with Crippen LogP contribution in [0.15, 0.2) is 22.7 Å². The van der Waals surface area contributed by atoms with Gasteiger partial charge in [-0.1, -0.05) is 44.2 Å². The third-order valence-corrected chi connectivity index (χ3v) is 5.67. The molecule has 1 aromatic heterocycles. The van der Waals surface area contributed by atoms with E-state index in [0.717, 1.165) is 38.2 Å². The predicted molar refractivity (Wildman–Crippen MR) is 116 cm³/mol. The van der Waals surface area contributed by atoms with E-state index in [9.17, 15) is 18.3 Å². The molecule has 1 aliphatic heterocycles. The van der Waals surface area contributed by atoms with Gasteiger partial charge in [0.1, 0.15) is 11.8 Å². The minimum Gasteiger partial charge on any atom is -0.493 e. The van der Waals surface area contributed by atoms with Crippen LogP contribution in [0.25, 0.3) is 11.4 Å². The number of halogens is 3. The normalized spacial score (nSPS) is 18.6. The number of benzene rings is 1. The number of alkyl halides is 3. The van der Waals surface area contributed by atoms with Crippen LogP contribution >= 0.6 is 0 Å². The molecule has 33 heavy (non-hydrogen) atoms. The van der Waals surface area contributed by atoms with Gasteiger partial charge in [0, 0.05) is 12.1 Å². The van der Waals surface area contributed by atoms with Crippen molar-refractivity contribution in [3.05, 3.63) is 29.7 Å². The number of nitrogens with one attached hydrogen (secondary N) is 1. The molecule has 0 bridgehead atoms. The molecule has 2 aromatic rings. The lowest BCUT2D eigenvalue weighted by Gasteiger charge is -2.22. The lowest BCUT2D eigenvalue weighted by molar-refractivity contribution is -0.138. The summed E-state index contributed by atoms with van der Waals surface area (Å²) in [5.41, 5.74) is 4.73. The van der Waals surface area contributed by atoms with Gasteiger partial charge in [-0.3, -0.25) is 5.41 Å². The quantitative estimate of drug-likeness (QED) is 0.266. The van der Waals surface area contributed by atoms with E-state index in [2.05, 4.69) is 17.1 Å². The molecule has 0 amide bonds. The summed E-state index contributed by atoms with van der Waals surface area (Å²) < 4.78 is 51.7. The molecule has 0 spiro atoms. The lowest BCUT2D eigenvalue weighted by atomic mass is 10.1. The molecule has 3 rings (SSSR count). The van der Waals surface area contributed by atoms with Gasteiger partial charge in [-0.25, -0.2) is 0 Å². The number of nitrogens with two attached hydrogens (primary N) is 1. The van der Waals surface area contributed by atoms with Gasteiger partial charge in [0.25, 0.3) is 5.89 Å². The largest absolute Gasteiger partial charge is 0.493 e. The molecule has 4 N–H and O–H groups in total. The first-order chi connectivity index (χ1) is 15.7. The molecule has 0 radical (unpaired) electrons. The highest BCUT2D eigenvalue weighted by Crippen LogP contribution is 2.39. The number of rotatable bonds is 10. The zero-order chi connectivity index (χ0) is 24.0. The van der Waals surface area contributed by atoms with Crippen molar-refractivity contribution >= 4 is 5.96 Å². The summed E-state index contributed by atoms with van der Waals surface area (Å²) in [5, 5.41) is 21.6. The van der Waals surface area contributed by atoms with Crippen molar-refractivity contribution in [3.63, 3.8) is 0 Å². The number of hydrogen-bond donors (Lipinski definition) is 3. The van der Waals surface area contributed by atoms with Gasteiger partial charge in [-0.2, -0.15) is 18.2 Å². The number of aliphatic hydroxyl groups is 1. The number of nitrogens with zero attached hydrogens (tertiary/aromatic N) is 3. The minimum atomic E-state index is -4.62. The summed E-state index contributed by atoms with van der Waals surface area (Å²) in [6.07, 6.45) is 0.901. The molecule has 2 heterocycles. The zero-order valence-corrected chi connectivity index (χ0v) is 18.6. The van der Waals surface area contributed by atoms with Crippen LogP contribution in [0.2, 0.25) is 0 Å². The van der Waals surface area contributed by atoms with Crippen molar-refractivity contribution in [1.29, 1.82) is 5.41 Å². The number of guanidine groups is 1. The summed E-state index contributed by atoms with van der Waals surface area (Å²) in [5.74, 6) is -0.567. The average Bonchev–Trinajstić information content (AvgIpc) is 3.39. The van der Waals surface area contributed by atoms with Gasteiger partial charge in [0.2, 0.25) is 5.82 Å². The van der Waals surface area contributed by atoms with Crippen LogP contribution in [0.1, 0.15) is 69.4 Å². The van der Waals surface area contributed by atoms with E-state index < -0.39 is 23.9 Å². The predicted octanol–water partition coefficient (Wildman–Crippen LogP) is 4.50. The Bertz CT molecular complexity index is 934. The van der Waals surface area contributed by atoms with E-state index in [-0.39, 0.29) is 35.6 Å². The third kappa shape index (κ3) is 6.16. The average molecular weight is 470 g/mol. The van der Waals surface area contributed by atoms with Crippen LogP contribution in [-0.4, -0.2) is 45.4 Å². The smallest absolute Gasteiger partial charge is 0.419 e. The van der Waals surface area contributed by atoms with Gasteiger partial charge < -0.3 is 25.0 Å². The Hall–Kier alpha value is -2.82. The van der Waals surface area contributed by atoms with Crippen molar-refractivity contribution in [2.45, 2.75) is 70.2 Å². The van der Waals surface area contributed by atoms with Gasteiger partial charge >= 0.3 is 6.18 Å². The number of hydrogen-bond acceptors (Lipinski definition) is 6. The number of aromatic nitrogens is 2. The molecule has 1 aliphatic rings. The van der Waals surface area contributed by atoms with E-state index in [1.165, 1.54) is 17.0 Å². The van der Waals surface area contributed by atoms with Gasteiger partial charge in [0.15, 0.2) is 5.96 Å². The number of likely N-dealkylation sites (tertiary alicyclic amines) is 1. The van der Waals surface area contributed by atoms with Crippen molar-refractivity contribution in [2.75, 3.05) is 13.2 Å². The van der Waals surface area contributed by atoms with E-state index in [0.29, 0.717) is 19.4 Å². The fraction of sp³-hybridized carbons (Fsp3) is 0.591. The van der Waals surface area contributed by atoms with Gasteiger partial charge in [-0.15, -0.1) is 0 Å². The van der Waals surface area contributed by atoms with Crippen LogP contribution < -0.4 is 10.5 Å². The van der Waals surface area contributed by atoms with Crippen LogP contribution in [0.3, 0.4) is 0 Å². The molecule has 182 valence electrons. The highest BCUT2D eigenvalue weighted by molar-refractivity contribution is 5.75. The molecule has 0 saturated carbocycles. The molecule has 11 heteroatoms. The second kappa shape index (κ2) is 10.9. The highest BCUT2D eigenvalue weighted by atomic mass is 19.4. The van der Waals surface area contributed by atoms with Crippen LogP contribution in [0.4, 0.5) is 13.2 Å². The monoisotopic (exact) mass is 469 g/mol. The van der Waals surface area contributed by atoms with Gasteiger partial charge in [-0.05, 0) is 31.0 Å². The fourth-order valence-corrected chi connectivity index (χ4v) is 3.90. The highest BCUT2D eigenvalue weighted by Gasteiger charge is 2.39. The summed E-state index contributed by atoms with van der Waals surface area (Å²) in [7, 11) is 0. The summed E-state index contributed by atoms with van der Waals surface area (Å²) >= 11 is 0. The second-order valence-corrected chi connectivity index (χ2v) is 8.16. The Morgan fingerprint density at radius 3 is 2.70 bits per heavy atom. The maximum Gasteiger partial charge on any atom is 0.419 e. The standard InChI is InChI=1S/C22H30F3N5O3/c1-2-3-4-5-6-7-12-32-17-9-8-14(13-15(17)22(23,24)25)19-28-20(33-29-19)18-16(31)10-11-30(18)21(26)27/h8-9,13,16,18,31H,2-7,10-12H2,1H3,(H3,26,27)/t16-,18?/m0/s1. The maximum absolute atomic E-state index is 13.7. The Labute approximate surface area is 190 Å². The first-order valence-corrected chi connectivity index (χ1v) is 11.2. The first-order valence-electron chi connectivity index (χ1n) is 11.2. The molecule has 1 fully saturated rings. The van der Waals surface area contributed by atoms with E-state index in [4.69, 9.17) is 20.4 Å². The van der Waals surface area contributed by atoms with Crippen LogP contribution in [-0.2, 0) is 6.18 Å². The zero-order valence-electron chi connectivity index (χ0n) is 18.6. The minimum absolute atomic E-state index is 0.0119. The Morgan fingerprint density at radius 2 is 2.00 bits per heavy atom. The number of aliphatic hydroxyl groups excluding tert-OH is 1. The van der Waals surface area contributed by atoms with Crippen molar-refractivity contribution < 1.29 is 27.5 Å². The molecular formula is C22H30F3N5O3. The molecule has 1 aromatic carbocycles. The van der Waals surface area contributed by atoms with Crippen LogP contribution in [0.5, 0.6) is 5.75 Å². The Morgan fingerprint density at radius 1 is 1.27 bits per heavy atom. The van der Waals surface area contributed by atoms with Crippen molar-refractivity contribution in [2.24, 2.45) is 5.73 Å². The van der Waals surface area contributed by atoms with E-state index >= 15 is 0 Å². The molecule has 8 nitrogen and oxygen atoms in total. The molecular weight excluding hydrogens is 439 g/mol. The lowest BCUT2D eigenvalue weighted by Crippen LogP contribution is -2.37. The Balaban J connectivity index is 1.73. The third-order valence-electron chi connectivity index (χ3n) is 5.67. The summed E-state index contributed by atoms with van der Waals surface area (Å²) in [6, 6.07) is 2.82. The summed E-state index contributed by atoms with van der Waals surface area (Å²) in [6.45, 7) is 2.67. The van der Waals surface area contributed by atoms with E-state index in [1.54, 1.807) is 0 Å². The van der Waals surface area contributed by atoms with Gasteiger partial charge in [0.05, 0.1) is 18.3 Å². The molecule has 1 saturated heterocycles. The number of unbranched alkanes of at least 4 members (excludes halogenated alkanes) is 5. The van der Waals surface area contributed by atoms with E-state index in [1.807, 2.05) is 0 Å². The molecule has 1 unspecified atom stereocenters.